The number of benzene rings is 1. The minimum atomic E-state index is -0.283. The lowest BCUT2D eigenvalue weighted by atomic mass is 10.1. The molecule has 6 heteroatoms. The van der Waals surface area contributed by atoms with Crippen molar-refractivity contribution in [3.63, 3.8) is 0 Å². The number of nitrogens with zero attached hydrogens (tertiary/aromatic N) is 1. The summed E-state index contributed by atoms with van der Waals surface area (Å²) in [5, 5.41) is 3.11. The summed E-state index contributed by atoms with van der Waals surface area (Å²) in [5.41, 5.74) is 1.25. The van der Waals surface area contributed by atoms with Crippen molar-refractivity contribution in [1.29, 1.82) is 0 Å². The lowest BCUT2D eigenvalue weighted by molar-refractivity contribution is 0.0933. The lowest BCUT2D eigenvalue weighted by Crippen LogP contribution is -2.34. The third-order valence-electron chi connectivity index (χ3n) is 3.24. The van der Waals surface area contributed by atoms with Crippen LogP contribution in [-0.2, 0) is 6.42 Å². The summed E-state index contributed by atoms with van der Waals surface area (Å²) in [6.07, 6.45) is 1.80. The van der Waals surface area contributed by atoms with Crippen molar-refractivity contribution in [2.24, 2.45) is 0 Å². The van der Waals surface area contributed by atoms with Gasteiger partial charge in [-0.25, -0.2) is 9.37 Å². The Balaban J connectivity index is 1.57. The fraction of sp³-hybridized carbons (Fsp3) is 0.200. The van der Waals surface area contributed by atoms with Crippen LogP contribution in [0.3, 0.4) is 0 Å². The lowest BCUT2D eigenvalue weighted by Gasteiger charge is -2.11. The first kappa shape index (κ1) is 13.8. The molecule has 1 aromatic carbocycles. The van der Waals surface area contributed by atoms with Crippen molar-refractivity contribution in [3.05, 3.63) is 58.6 Å². The maximum Gasteiger partial charge on any atom is 0.252 e. The van der Waals surface area contributed by atoms with E-state index in [2.05, 4.69) is 10.3 Å². The Bertz CT molecular complexity index is 676. The molecular formula is C15H12ClFN2O2. The molecule has 1 aliphatic heterocycles. The third kappa shape index (κ3) is 3.13. The van der Waals surface area contributed by atoms with Gasteiger partial charge in [0.1, 0.15) is 22.8 Å². The second-order valence-corrected chi connectivity index (χ2v) is 5.16. The zero-order valence-electron chi connectivity index (χ0n) is 11.0. The van der Waals surface area contributed by atoms with E-state index in [0.717, 1.165) is 5.56 Å². The molecule has 2 aromatic rings. The van der Waals surface area contributed by atoms with Gasteiger partial charge in [-0.2, -0.15) is 0 Å². The van der Waals surface area contributed by atoms with E-state index < -0.39 is 0 Å². The van der Waals surface area contributed by atoms with Crippen LogP contribution in [0, 0.1) is 5.82 Å². The molecule has 108 valence electrons. The number of rotatable bonds is 3. The Morgan fingerprint density at radius 1 is 1.43 bits per heavy atom. The number of carbonyl (C=O) groups is 1. The number of carbonyl (C=O) groups excluding carboxylic acids is 1. The van der Waals surface area contributed by atoms with Gasteiger partial charge in [0, 0.05) is 18.2 Å². The van der Waals surface area contributed by atoms with Crippen molar-refractivity contribution in [3.8, 4) is 5.75 Å². The summed E-state index contributed by atoms with van der Waals surface area (Å²) in [6.45, 7) is 0.345. The molecule has 2 heterocycles. The number of pyridine rings is 1. The molecule has 1 amide bonds. The van der Waals surface area contributed by atoms with E-state index in [-0.39, 0.29) is 17.8 Å². The summed E-state index contributed by atoms with van der Waals surface area (Å²) in [7, 11) is 0. The maximum atomic E-state index is 13.1. The Labute approximate surface area is 125 Å². The van der Waals surface area contributed by atoms with Gasteiger partial charge in [-0.15, -0.1) is 0 Å². The number of ether oxygens (including phenoxy) is 1. The first-order valence-corrected chi connectivity index (χ1v) is 6.84. The molecule has 21 heavy (non-hydrogen) atoms. The van der Waals surface area contributed by atoms with Crippen LogP contribution in [0.1, 0.15) is 15.9 Å². The Hall–Kier alpha value is -2.14. The van der Waals surface area contributed by atoms with Crippen LogP contribution >= 0.6 is 11.6 Å². The molecule has 0 aliphatic carbocycles. The predicted molar refractivity (Wildman–Crippen MR) is 76.1 cm³/mol. The SMILES string of the molecule is O=C(NC[C@@H]1Cc2cc(F)ccc2O1)c1ccc(Cl)nc1. The van der Waals surface area contributed by atoms with Crippen LogP contribution in [0.2, 0.25) is 5.15 Å². The van der Waals surface area contributed by atoms with Gasteiger partial charge in [-0.3, -0.25) is 4.79 Å². The van der Waals surface area contributed by atoms with Crippen molar-refractivity contribution >= 4 is 17.5 Å². The van der Waals surface area contributed by atoms with Gasteiger partial charge in [0.25, 0.3) is 5.91 Å². The first-order valence-electron chi connectivity index (χ1n) is 6.46. The number of aromatic nitrogens is 1. The summed E-state index contributed by atoms with van der Waals surface area (Å²) in [6, 6.07) is 7.58. The van der Waals surface area contributed by atoms with Crippen LogP contribution < -0.4 is 10.1 Å². The van der Waals surface area contributed by atoms with Crippen molar-refractivity contribution < 1.29 is 13.9 Å². The molecule has 1 aromatic heterocycles. The standard InChI is InChI=1S/C15H12ClFN2O2/c16-14-4-1-9(7-18-14)15(20)19-8-12-6-10-5-11(17)2-3-13(10)21-12/h1-5,7,12H,6,8H2,(H,19,20)/t12-/m0/s1. The monoisotopic (exact) mass is 306 g/mol. The number of amides is 1. The van der Waals surface area contributed by atoms with E-state index in [4.69, 9.17) is 16.3 Å². The second-order valence-electron chi connectivity index (χ2n) is 4.78. The Kier molecular flexibility index (Phi) is 3.75. The highest BCUT2D eigenvalue weighted by Gasteiger charge is 2.23. The van der Waals surface area contributed by atoms with Gasteiger partial charge in [0.05, 0.1) is 12.1 Å². The van der Waals surface area contributed by atoms with E-state index in [0.29, 0.717) is 29.4 Å². The van der Waals surface area contributed by atoms with Gasteiger partial charge in [0.15, 0.2) is 0 Å². The molecule has 0 fully saturated rings. The number of halogens is 2. The van der Waals surface area contributed by atoms with Gasteiger partial charge >= 0.3 is 0 Å². The van der Waals surface area contributed by atoms with Gasteiger partial charge in [0.2, 0.25) is 0 Å². The molecule has 0 saturated carbocycles. The van der Waals surface area contributed by atoms with Crippen LogP contribution in [0.25, 0.3) is 0 Å². The van der Waals surface area contributed by atoms with E-state index >= 15 is 0 Å². The average molecular weight is 307 g/mol. The van der Waals surface area contributed by atoms with Crippen LogP contribution in [0.4, 0.5) is 4.39 Å². The molecule has 0 spiro atoms. The molecule has 3 rings (SSSR count). The molecule has 4 nitrogen and oxygen atoms in total. The number of nitrogens with one attached hydrogen (secondary N) is 1. The van der Waals surface area contributed by atoms with E-state index in [9.17, 15) is 9.18 Å². The van der Waals surface area contributed by atoms with Gasteiger partial charge in [-0.1, -0.05) is 11.6 Å². The summed E-state index contributed by atoms with van der Waals surface area (Å²) < 4.78 is 18.8. The molecule has 1 atom stereocenters. The molecule has 0 unspecified atom stereocenters. The zero-order chi connectivity index (χ0) is 14.8. The average Bonchev–Trinajstić information content (AvgIpc) is 2.87. The smallest absolute Gasteiger partial charge is 0.252 e. The van der Waals surface area contributed by atoms with E-state index in [1.807, 2.05) is 0 Å². The molecular weight excluding hydrogens is 295 g/mol. The van der Waals surface area contributed by atoms with Crippen molar-refractivity contribution in [2.75, 3.05) is 6.54 Å². The minimum Gasteiger partial charge on any atom is -0.488 e. The fourth-order valence-electron chi connectivity index (χ4n) is 2.22. The predicted octanol–water partition coefficient (Wildman–Crippen LogP) is 2.61. The normalized spacial score (nSPS) is 16.2. The van der Waals surface area contributed by atoms with E-state index in [1.165, 1.54) is 18.3 Å². The number of fused-ring (bicyclic) bond motifs is 1. The second kappa shape index (κ2) is 5.69. The summed E-state index contributed by atoms with van der Waals surface area (Å²) in [4.78, 5) is 15.8. The van der Waals surface area contributed by atoms with Crippen LogP contribution in [-0.4, -0.2) is 23.5 Å². The Morgan fingerprint density at radius 2 is 2.29 bits per heavy atom. The highest BCUT2D eigenvalue weighted by atomic mass is 35.5. The van der Waals surface area contributed by atoms with E-state index in [1.54, 1.807) is 18.2 Å². The molecule has 0 saturated heterocycles. The quantitative estimate of drug-likeness (QED) is 0.887. The first-order chi connectivity index (χ1) is 10.1. The summed E-state index contributed by atoms with van der Waals surface area (Å²) in [5.74, 6) is 0.142. The number of hydrogen-bond donors (Lipinski definition) is 1. The van der Waals surface area contributed by atoms with Gasteiger partial charge < -0.3 is 10.1 Å². The summed E-state index contributed by atoms with van der Waals surface area (Å²) >= 11 is 5.67. The molecule has 0 bridgehead atoms. The molecule has 1 aliphatic rings. The third-order valence-corrected chi connectivity index (χ3v) is 3.47. The van der Waals surface area contributed by atoms with Gasteiger partial charge in [-0.05, 0) is 30.3 Å². The fourth-order valence-corrected chi connectivity index (χ4v) is 2.33. The van der Waals surface area contributed by atoms with Crippen LogP contribution in [0.5, 0.6) is 5.75 Å². The topological polar surface area (TPSA) is 51.2 Å². The Morgan fingerprint density at radius 3 is 3.05 bits per heavy atom. The van der Waals surface area contributed by atoms with Crippen LogP contribution in [0.15, 0.2) is 36.5 Å². The zero-order valence-corrected chi connectivity index (χ0v) is 11.7. The molecule has 1 N–H and O–H groups in total. The highest BCUT2D eigenvalue weighted by Crippen LogP contribution is 2.28. The largest absolute Gasteiger partial charge is 0.488 e. The minimum absolute atomic E-state index is 0.189. The number of hydrogen-bond acceptors (Lipinski definition) is 3. The maximum absolute atomic E-state index is 13.1. The van der Waals surface area contributed by atoms with Crippen molar-refractivity contribution in [1.82, 2.24) is 10.3 Å². The van der Waals surface area contributed by atoms with Crippen molar-refractivity contribution in [2.45, 2.75) is 12.5 Å². The highest BCUT2D eigenvalue weighted by molar-refractivity contribution is 6.29. The molecule has 0 radical (unpaired) electrons.